The first kappa shape index (κ1) is 18.2. The van der Waals surface area contributed by atoms with Gasteiger partial charge < -0.3 is 9.15 Å². The van der Waals surface area contributed by atoms with E-state index in [2.05, 4.69) is 4.74 Å². The minimum atomic E-state index is -3.75. The number of nitrogens with zero attached hydrogens (tertiary/aromatic N) is 1. The lowest BCUT2D eigenvalue weighted by Crippen LogP contribution is -2.29. The van der Waals surface area contributed by atoms with Gasteiger partial charge in [-0.25, -0.2) is 13.2 Å². The number of methoxy groups -OCH3 is 1. The summed E-state index contributed by atoms with van der Waals surface area (Å²) in [5, 5.41) is 0.919. The van der Waals surface area contributed by atoms with E-state index in [0.29, 0.717) is 16.9 Å². The Bertz CT molecular complexity index is 1000. The highest BCUT2D eigenvalue weighted by Crippen LogP contribution is 2.30. The highest BCUT2D eigenvalue weighted by Gasteiger charge is 2.28. The van der Waals surface area contributed by atoms with Gasteiger partial charge in [0.15, 0.2) is 0 Å². The summed E-state index contributed by atoms with van der Waals surface area (Å²) in [6, 6.07) is 14.5. The fraction of sp³-hybridized carbons (Fsp3) is 0.211. The van der Waals surface area contributed by atoms with Gasteiger partial charge in [-0.2, -0.15) is 4.31 Å². The molecule has 1 atom stereocenters. The Morgan fingerprint density at radius 3 is 2.38 bits per heavy atom. The molecular formula is C19H19NO5S. The van der Waals surface area contributed by atoms with Crippen molar-refractivity contribution in [1.82, 2.24) is 4.31 Å². The molecule has 0 radical (unpaired) electrons. The number of rotatable bonds is 5. The predicted molar refractivity (Wildman–Crippen MR) is 97.4 cm³/mol. The second-order valence-corrected chi connectivity index (χ2v) is 7.90. The lowest BCUT2D eigenvalue weighted by molar-refractivity contribution is 0.0600. The molecule has 0 N–H and O–H groups in total. The Hall–Kier alpha value is -2.64. The van der Waals surface area contributed by atoms with Crippen molar-refractivity contribution in [2.75, 3.05) is 14.2 Å². The molecule has 7 heteroatoms. The number of hydrogen-bond acceptors (Lipinski definition) is 5. The number of carbonyl (C=O) groups excluding carboxylic acids is 1. The van der Waals surface area contributed by atoms with E-state index in [-0.39, 0.29) is 4.90 Å². The Balaban J connectivity index is 1.89. The first-order valence-electron chi connectivity index (χ1n) is 7.99. The van der Waals surface area contributed by atoms with Crippen LogP contribution in [-0.4, -0.2) is 32.8 Å². The second-order valence-electron chi connectivity index (χ2n) is 5.90. The van der Waals surface area contributed by atoms with Crippen molar-refractivity contribution >= 4 is 27.0 Å². The first-order valence-corrected chi connectivity index (χ1v) is 9.43. The summed E-state index contributed by atoms with van der Waals surface area (Å²) in [7, 11) is -0.977. The standard InChI is InChI=1S/C19H19NO5S/c1-13(18-12-15-6-4-5-7-17(15)25-18)20(2)26(22,23)16-10-8-14(9-11-16)19(21)24-3/h4-13H,1-3H3/t13-/m1/s1. The van der Waals surface area contributed by atoms with Crippen molar-refractivity contribution in [3.8, 4) is 0 Å². The highest BCUT2D eigenvalue weighted by molar-refractivity contribution is 7.89. The summed E-state index contributed by atoms with van der Waals surface area (Å²) in [5.74, 6) is 0.0430. The number of furan rings is 1. The molecule has 1 heterocycles. The van der Waals surface area contributed by atoms with E-state index < -0.39 is 22.0 Å². The molecule has 0 unspecified atom stereocenters. The summed E-state index contributed by atoms with van der Waals surface area (Å²) in [5.41, 5.74) is 1.00. The highest BCUT2D eigenvalue weighted by atomic mass is 32.2. The van der Waals surface area contributed by atoms with Crippen molar-refractivity contribution in [1.29, 1.82) is 0 Å². The monoisotopic (exact) mass is 373 g/mol. The van der Waals surface area contributed by atoms with Gasteiger partial charge in [-0.05, 0) is 43.3 Å². The lowest BCUT2D eigenvalue weighted by atomic mass is 10.2. The minimum Gasteiger partial charge on any atom is -0.465 e. The molecule has 0 saturated carbocycles. The van der Waals surface area contributed by atoms with E-state index in [4.69, 9.17) is 4.42 Å². The molecule has 0 saturated heterocycles. The van der Waals surface area contributed by atoms with Gasteiger partial charge in [0, 0.05) is 12.4 Å². The fourth-order valence-electron chi connectivity index (χ4n) is 2.64. The van der Waals surface area contributed by atoms with E-state index >= 15 is 0 Å². The second kappa shape index (κ2) is 6.93. The molecule has 3 rings (SSSR count). The molecule has 0 aliphatic heterocycles. The van der Waals surface area contributed by atoms with Crippen molar-refractivity contribution in [3.05, 3.63) is 65.9 Å². The van der Waals surface area contributed by atoms with Crippen LogP contribution in [0.2, 0.25) is 0 Å². The van der Waals surface area contributed by atoms with Gasteiger partial charge in [0.2, 0.25) is 10.0 Å². The number of ether oxygens (including phenoxy) is 1. The van der Waals surface area contributed by atoms with Gasteiger partial charge in [0.05, 0.1) is 23.6 Å². The van der Waals surface area contributed by atoms with Crippen molar-refractivity contribution in [3.63, 3.8) is 0 Å². The zero-order chi connectivity index (χ0) is 18.9. The number of para-hydroxylation sites is 1. The Morgan fingerprint density at radius 1 is 1.12 bits per heavy atom. The van der Waals surface area contributed by atoms with Crippen molar-refractivity contribution in [2.24, 2.45) is 0 Å². The van der Waals surface area contributed by atoms with Crippen LogP contribution in [0.25, 0.3) is 11.0 Å². The first-order chi connectivity index (χ1) is 12.3. The maximum Gasteiger partial charge on any atom is 0.337 e. The summed E-state index contributed by atoms with van der Waals surface area (Å²) in [4.78, 5) is 11.6. The molecule has 3 aromatic rings. The number of sulfonamides is 1. The zero-order valence-corrected chi connectivity index (χ0v) is 15.5. The SMILES string of the molecule is COC(=O)c1ccc(S(=O)(=O)N(C)[C@H](C)c2cc3ccccc3o2)cc1. The molecule has 0 aliphatic carbocycles. The molecule has 136 valence electrons. The van der Waals surface area contributed by atoms with Crippen LogP contribution >= 0.6 is 0 Å². The quantitative estimate of drug-likeness (QED) is 0.639. The number of hydrogen-bond donors (Lipinski definition) is 0. The van der Waals surface area contributed by atoms with E-state index in [0.717, 1.165) is 5.39 Å². The molecular weight excluding hydrogens is 354 g/mol. The third kappa shape index (κ3) is 3.23. The van der Waals surface area contributed by atoms with Gasteiger partial charge >= 0.3 is 5.97 Å². The molecule has 2 aromatic carbocycles. The Kier molecular flexibility index (Phi) is 4.84. The minimum absolute atomic E-state index is 0.0932. The van der Waals surface area contributed by atoms with Crippen LogP contribution < -0.4 is 0 Å². The summed E-state index contributed by atoms with van der Waals surface area (Å²) >= 11 is 0. The fourth-order valence-corrected chi connectivity index (χ4v) is 3.98. The number of fused-ring (bicyclic) bond motifs is 1. The number of benzene rings is 2. The average molecular weight is 373 g/mol. The summed E-state index contributed by atoms with van der Waals surface area (Å²) in [6.07, 6.45) is 0. The van der Waals surface area contributed by atoms with Gasteiger partial charge in [-0.1, -0.05) is 18.2 Å². The third-order valence-corrected chi connectivity index (χ3v) is 6.30. The molecule has 0 bridgehead atoms. The smallest absolute Gasteiger partial charge is 0.337 e. The molecule has 1 aromatic heterocycles. The van der Waals surface area contributed by atoms with Gasteiger partial charge in [-0.3, -0.25) is 0 Å². The van der Waals surface area contributed by atoms with Crippen molar-refractivity contribution < 1.29 is 22.4 Å². The summed E-state index contributed by atoms with van der Waals surface area (Å²) < 4.78 is 37.4. The topological polar surface area (TPSA) is 76.8 Å². The Labute approximate surface area is 152 Å². The maximum atomic E-state index is 12.9. The molecule has 0 fully saturated rings. The van der Waals surface area contributed by atoms with E-state index in [9.17, 15) is 13.2 Å². The van der Waals surface area contributed by atoms with Gasteiger partial charge in [0.1, 0.15) is 11.3 Å². The van der Waals surface area contributed by atoms with E-state index in [1.165, 1.54) is 42.7 Å². The van der Waals surface area contributed by atoms with Crippen LogP contribution in [0.4, 0.5) is 0 Å². The van der Waals surface area contributed by atoms with E-state index in [1.807, 2.05) is 30.3 Å². The van der Waals surface area contributed by atoms with Crippen LogP contribution in [0.5, 0.6) is 0 Å². The number of carbonyl (C=O) groups is 1. The van der Waals surface area contributed by atoms with Crippen LogP contribution in [0.3, 0.4) is 0 Å². The average Bonchev–Trinajstić information content (AvgIpc) is 3.10. The lowest BCUT2D eigenvalue weighted by Gasteiger charge is -2.22. The summed E-state index contributed by atoms with van der Waals surface area (Å²) in [6.45, 7) is 1.76. The molecule has 0 amide bonds. The van der Waals surface area contributed by atoms with Crippen LogP contribution in [0.15, 0.2) is 63.9 Å². The third-order valence-electron chi connectivity index (χ3n) is 4.35. The molecule has 0 spiro atoms. The van der Waals surface area contributed by atoms with E-state index in [1.54, 1.807) is 6.92 Å². The predicted octanol–water partition coefficient (Wildman–Crippen LogP) is 3.60. The maximum absolute atomic E-state index is 12.9. The molecule has 0 aliphatic rings. The van der Waals surface area contributed by atoms with Gasteiger partial charge in [-0.15, -0.1) is 0 Å². The van der Waals surface area contributed by atoms with Crippen molar-refractivity contribution in [2.45, 2.75) is 17.9 Å². The van der Waals surface area contributed by atoms with Crippen LogP contribution in [0, 0.1) is 0 Å². The van der Waals surface area contributed by atoms with Crippen LogP contribution in [0.1, 0.15) is 29.1 Å². The Morgan fingerprint density at radius 2 is 1.77 bits per heavy atom. The van der Waals surface area contributed by atoms with Gasteiger partial charge in [0.25, 0.3) is 0 Å². The normalized spacial score (nSPS) is 13.1. The zero-order valence-electron chi connectivity index (χ0n) is 14.7. The molecule has 6 nitrogen and oxygen atoms in total. The number of esters is 1. The largest absolute Gasteiger partial charge is 0.465 e. The van der Waals surface area contributed by atoms with Crippen LogP contribution in [-0.2, 0) is 14.8 Å². The molecule has 26 heavy (non-hydrogen) atoms.